The summed E-state index contributed by atoms with van der Waals surface area (Å²) < 4.78 is 2.39. The standard InChI is InChI=1S/C60H54N2/c1-59(2,3)45-38-46(60(4,5)6)40-49(39-45)61(55-32-15-13-28-51(55)53-31-19-23-42-22-18-30-50(58(42)53)41-20-9-7-10-21-41)48-27-17-24-43(36-48)44-34-35-57-54(37-44)52-29-14-16-33-56(52)62(57)47-25-11-8-12-26-47/h7-18,20-30,32-40H,19,31H2,1-6H3. The largest absolute Gasteiger partial charge is 0.310 e. The zero-order valence-electron chi connectivity index (χ0n) is 36.8. The molecule has 8 aromatic carbocycles. The highest BCUT2D eigenvalue weighted by molar-refractivity contribution is 6.10. The van der Waals surface area contributed by atoms with Crippen molar-refractivity contribution in [2.24, 2.45) is 0 Å². The van der Waals surface area contributed by atoms with Gasteiger partial charge in [-0.15, -0.1) is 0 Å². The van der Waals surface area contributed by atoms with Crippen LogP contribution in [0.15, 0.2) is 188 Å². The van der Waals surface area contributed by atoms with Crippen LogP contribution in [0.1, 0.15) is 71.1 Å². The smallest absolute Gasteiger partial charge is 0.0541 e. The van der Waals surface area contributed by atoms with Crippen LogP contribution in [0.4, 0.5) is 17.1 Å². The van der Waals surface area contributed by atoms with Crippen LogP contribution >= 0.6 is 0 Å². The van der Waals surface area contributed by atoms with E-state index in [-0.39, 0.29) is 10.8 Å². The second-order valence-electron chi connectivity index (χ2n) is 18.9. The zero-order valence-corrected chi connectivity index (χ0v) is 36.8. The number of rotatable bonds is 7. The SMILES string of the molecule is CC(C)(C)c1cc(N(c2cccc(-c3ccc4c(c3)c3ccccc3n4-c3ccccc3)c2)c2ccccc2C2=c3c(-c4ccccc4)cccc3=CCC2)cc(C(C)(C)C)c1. The van der Waals surface area contributed by atoms with E-state index in [2.05, 4.69) is 245 Å². The highest BCUT2D eigenvalue weighted by atomic mass is 15.1. The maximum absolute atomic E-state index is 2.54. The van der Waals surface area contributed by atoms with E-state index in [0.717, 1.165) is 18.5 Å². The van der Waals surface area contributed by atoms with Crippen molar-refractivity contribution in [1.29, 1.82) is 0 Å². The van der Waals surface area contributed by atoms with Crippen molar-refractivity contribution in [2.75, 3.05) is 4.90 Å². The molecular weight excluding hydrogens is 749 g/mol. The molecule has 1 aliphatic carbocycles. The van der Waals surface area contributed by atoms with Gasteiger partial charge >= 0.3 is 0 Å². The van der Waals surface area contributed by atoms with E-state index in [1.165, 1.54) is 93.8 Å². The van der Waals surface area contributed by atoms with Gasteiger partial charge in [-0.3, -0.25) is 0 Å². The van der Waals surface area contributed by atoms with Gasteiger partial charge in [0, 0.05) is 33.4 Å². The Balaban J connectivity index is 1.21. The minimum absolute atomic E-state index is 0.0468. The summed E-state index contributed by atoms with van der Waals surface area (Å²) in [4.78, 5) is 2.54. The first-order valence-electron chi connectivity index (χ1n) is 22.2. The van der Waals surface area contributed by atoms with Crippen molar-refractivity contribution < 1.29 is 0 Å². The van der Waals surface area contributed by atoms with Gasteiger partial charge in [0.2, 0.25) is 0 Å². The molecule has 0 bridgehead atoms. The molecule has 0 aliphatic heterocycles. The Morgan fingerprint density at radius 2 is 1.06 bits per heavy atom. The predicted octanol–water partition coefficient (Wildman–Crippen LogP) is 15.0. The summed E-state index contributed by atoms with van der Waals surface area (Å²) in [6, 6.07) is 69.8. The average Bonchev–Trinajstić information content (AvgIpc) is 3.63. The Hall–Kier alpha value is -6.90. The molecule has 1 aliphatic rings. The van der Waals surface area contributed by atoms with E-state index < -0.39 is 0 Å². The molecule has 9 aromatic rings. The third-order valence-corrected chi connectivity index (χ3v) is 12.7. The summed E-state index contributed by atoms with van der Waals surface area (Å²) >= 11 is 0. The summed E-state index contributed by atoms with van der Waals surface area (Å²) in [7, 11) is 0. The van der Waals surface area contributed by atoms with Crippen molar-refractivity contribution in [3.8, 4) is 27.9 Å². The molecule has 0 N–H and O–H groups in total. The monoisotopic (exact) mass is 802 g/mol. The van der Waals surface area contributed by atoms with E-state index in [9.17, 15) is 0 Å². The highest BCUT2D eigenvalue weighted by Crippen LogP contribution is 2.44. The molecule has 304 valence electrons. The van der Waals surface area contributed by atoms with Gasteiger partial charge in [0.1, 0.15) is 0 Å². The molecule has 0 amide bonds. The average molecular weight is 803 g/mol. The lowest BCUT2D eigenvalue weighted by atomic mass is 9.80. The zero-order chi connectivity index (χ0) is 42.6. The Bertz CT molecular complexity index is 3210. The second kappa shape index (κ2) is 15.5. The molecule has 1 aromatic heterocycles. The molecule has 0 fully saturated rings. The molecule has 0 unspecified atom stereocenters. The van der Waals surface area contributed by atoms with Crippen LogP contribution in [-0.4, -0.2) is 4.57 Å². The topological polar surface area (TPSA) is 8.17 Å². The number of nitrogens with zero attached hydrogens (tertiary/aromatic N) is 2. The summed E-state index contributed by atoms with van der Waals surface area (Å²) in [5.74, 6) is 0. The van der Waals surface area contributed by atoms with Gasteiger partial charge in [-0.05, 0) is 134 Å². The first kappa shape index (κ1) is 39.2. The Kier molecular flexibility index (Phi) is 9.83. The molecule has 0 saturated carbocycles. The molecule has 2 heteroatoms. The first-order chi connectivity index (χ1) is 30.0. The lowest BCUT2D eigenvalue weighted by molar-refractivity contribution is 0.569. The molecule has 1 heterocycles. The van der Waals surface area contributed by atoms with E-state index in [0.29, 0.717) is 0 Å². The maximum atomic E-state index is 2.54. The fourth-order valence-electron chi connectivity index (χ4n) is 9.49. The van der Waals surface area contributed by atoms with Crippen LogP contribution in [-0.2, 0) is 10.8 Å². The van der Waals surface area contributed by atoms with Gasteiger partial charge in [0.05, 0.1) is 16.7 Å². The fourth-order valence-corrected chi connectivity index (χ4v) is 9.49. The lowest BCUT2D eigenvalue weighted by Gasteiger charge is -2.33. The predicted molar refractivity (Wildman–Crippen MR) is 266 cm³/mol. The number of hydrogen-bond acceptors (Lipinski definition) is 1. The van der Waals surface area contributed by atoms with Crippen LogP contribution in [0.25, 0.3) is 61.4 Å². The minimum Gasteiger partial charge on any atom is -0.310 e. The molecule has 0 spiro atoms. The van der Waals surface area contributed by atoms with Crippen LogP contribution in [0, 0.1) is 0 Å². The summed E-state index contributed by atoms with van der Waals surface area (Å²) in [5, 5.41) is 5.16. The van der Waals surface area contributed by atoms with Crippen LogP contribution in [0.5, 0.6) is 0 Å². The quantitative estimate of drug-likeness (QED) is 0.156. The summed E-state index contributed by atoms with van der Waals surface area (Å²) in [5.41, 5.74) is 17.2. The molecule has 2 nitrogen and oxygen atoms in total. The molecule has 0 atom stereocenters. The van der Waals surface area contributed by atoms with Gasteiger partial charge in [0.25, 0.3) is 0 Å². The number of benzene rings is 8. The number of fused-ring (bicyclic) bond motifs is 4. The maximum Gasteiger partial charge on any atom is 0.0541 e. The molecule has 0 radical (unpaired) electrons. The van der Waals surface area contributed by atoms with Crippen LogP contribution < -0.4 is 15.3 Å². The van der Waals surface area contributed by atoms with Crippen LogP contribution in [0.2, 0.25) is 0 Å². The number of anilines is 3. The first-order valence-corrected chi connectivity index (χ1v) is 22.2. The number of para-hydroxylation sites is 3. The molecular formula is C60H54N2. The molecule has 62 heavy (non-hydrogen) atoms. The normalized spacial score (nSPS) is 13.0. The van der Waals surface area contributed by atoms with Crippen molar-refractivity contribution >= 4 is 50.5 Å². The van der Waals surface area contributed by atoms with Crippen molar-refractivity contribution in [1.82, 2.24) is 4.57 Å². The van der Waals surface area contributed by atoms with E-state index in [4.69, 9.17) is 0 Å². The van der Waals surface area contributed by atoms with Gasteiger partial charge < -0.3 is 9.47 Å². The Morgan fingerprint density at radius 3 is 1.82 bits per heavy atom. The fraction of sp³-hybridized carbons (Fsp3) is 0.167. The van der Waals surface area contributed by atoms with Crippen molar-refractivity contribution in [3.05, 3.63) is 215 Å². The van der Waals surface area contributed by atoms with Gasteiger partial charge in [-0.2, -0.15) is 0 Å². The van der Waals surface area contributed by atoms with E-state index in [1.54, 1.807) is 0 Å². The van der Waals surface area contributed by atoms with Gasteiger partial charge in [-0.25, -0.2) is 0 Å². The summed E-state index contributed by atoms with van der Waals surface area (Å²) in [6.07, 6.45) is 4.39. The van der Waals surface area contributed by atoms with Gasteiger partial charge in [-0.1, -0.05) is 175 Å². The lowest BCUT2D eigenvalue weighted by Crippen LogP contribution is -2.32. The van der Waals surface area contributed by atoms with E-state index in [1.807, 2.05) is 0 Å². The van der Waals surface area contributed by atoms with E-state index >= 15 is 0 Å². The van der Waals surface area contributed by atoms with Crippen molar-refractivity contribution in [3.63, 3.8) is 0 Å². The summed E-state index contributed by atoms with van der Waals surface area (Å²) in [6.45, 7) is 14.0. The Morgan fingerprint density at radius 1 is 0.452 bits per heavy atom. The molecule has 10 rings (SSSR count). The number of hydrogen-bond donors (Lipinski definition) is 0. The highest BCUT2D eigenvalue weighted by Gasteiger charge is 2.26. The third-order valence-electron chi connectivity index (χ3n) is 12.7. The second-order valence-corrected chi connectivity index (χ2v) is 18.9. The Labute approximate surface area is 366 Å². The minimum atomic E-state index is -0.0468. The number of aromatic nitrogens is 1. The third kappa shape index (κ3) is 7.14. The molecule has 0 saturated heterocycles. The van der Waals surface area contributed by atoms with Crippen molar-refractivity contribution in [2.45, 2.75) is 65.2 Å². The van der Waals surface area contributed by atoms with Gasteiger partial charge in [0.15, 0.2) is 0 Å². The van der Waals surface area contributed by atoms with Crippen LogP contribution in [0.3, 0.4) is 0 Å².